The average molecular weight is 281 g/mol. The number of benzene rings is 2. The van der Waals surface area contributed by atoms with Gasteiger partial charge in [-0.2, -0.15) is 0 Å². The first-order valence-electron chi connectivity index (χ1n) is 7.82. The second-order valence-corrected chi connectivity index (χ2v) is 6.10. The Morgan fingerprint density at radius 2 is 1.52 bits per heavy atom. The van der Waals surface area contributed by atoms with E-state index in [-0.39, 0.29) is 0 Å². The third-order valence-corrected chi connectivity index (χ3v) is 4.57. The van der Waals surface area contributed by atoms with Gasteiger partial charge in [0.1, 0.15) is 0 Å². The summed E-state index contributed by atoms with van der Waals surface area (Å²) in [5.74, 6) is 0. The summed E-state index contributed by atoms with van der Waals surface area (Å²) in [6, 6.07) is 13.8. The summed E-state index contributed by atoms with van der Waals surface area (Å²) in [5.41, 5.74) is 8.44. The van der Waals surface area contributed by atoms with Crippen molar-refractivity contribution in [1.29, 1.82) is 0 Å². The zero-order valence-corrected chi connectivity index (χ0v) is 14.0. The van der Waals surface area contributed by atoms with E-state index >= 15 is 0 Å². The van der Waals surface area contributed by atoms with Gasteiger partial charge in [0.25, 0.3) is 0 Å². The lowest BCUT2D eigenvalue weighted by atomic mass is 9.91. The van der Waals surface area contributed by atoms with Gasteiger partial charge in [-0.1, -0.05) is 36.4 Å². The Labute approximate surface area is 129 Å². The summed E-state index contributed by atoms with van der Waals surface area (Å²) in [4.78, 5) is 0. The molecular formula is C20H27N. The molecule has 0 spiro atoms. The Morgan fingerprint density at radius 3 is 2.19 bits per heavy atom. The van der Waals surface area contributed by atoms with Crippen molar-refractivity contribution in [3.63, 3.8) is 0 Å². The van der Waals surface area contributed by atoms with Gasteiger partial charge in [0.15, 0.2) is 0 Å². The van der Waals surface area contributed by atoms with Crippen molar-refractivity contribution in [2.24, 2.45) is 0 Å². The number of hydrogen-bond donors (Lipinski definition) is 1. The highest BCUT2D eigenvalue weighted by atomic mass is 14.9. The molecule has 0 heterocycles. The molecule has 0 saturated heterocycles. The van der Waals surface area contributed by atoms with Gasteiger partial charge < -0.3 is 5.32 Å². The molecule has 1 atom stereocenters. The topological polar surface area (TPSA) is 12.0 Å². The lowest BCUT2D eigenvalue weighted by Crippen LogP contribution is -2.18. The molecule has 2 rings (SSSR count). The zero-order valence-electron chi connectivity index (χ0n) is 14.0. The van der Waals surface area contributed by atoms with E-state index in [1.54, 1.807) is 0 Å². The van der Waals surface area contributed by atoms with E-state index in [1.807, 2.05) is 0 Å². The number of nitrogens with one attached hydrogen (secondary N) is 1. The number of aryl methyl sites for hydroxylation is 5. The van der Waals surface area contributed by atoms with E-state index in [2.05, 4.69) is 76.5 Å². The molecule has 0 bridgehead atoms. The quantitative estimate of drug-likeness (QED) is 0.829. The Balaban J connectivity index is 2.17. The first-order chi connectivity index (χ1) is 10.0. The Morgan fingerprint density at radius 1 is 0.857 bits per heavy atom. The lowest BCUT2D eigenvalue weighted by Gasteiger charge is -2.21. The molecular weight excluding hydrogens is 254 g/mol. The lowest BCUT2D eigenvalue weighted by molar-refractivity contribution is 0.545. The maximum Gasteiger partial charge on any atom is 0.0323 e. The fourth-order valence-corrected chi connectivity index (χ4v) is 3.00. The van der Waals surface area contributed by atoms with Crippen LogP contribution in [-0.2, 0) is 6.42 Å². The smallest absolute Gasteiger partial charge is 0.0323 e. The van der Waals surface area contributed by atoms with Crippen LogP contribution in [0.2, 0.25) is 0 Å². The number of hydrogen-bond acceptors (Lipinski definition) is 1. The molecule has 1 unspecified atom stereocenters. The second-order valence-electron chi connectivity index (χ2n) is 6.10. The normalized spacial score (nSPS) is 12.4. The molecule has 0 fully saturated rings. The molecule has 2 aromatic carbocycles. The summed E-state index contributed by atoms with van der Waals surface area (Å²) >= 11 is 0. The largest absolute Gasteiger partial charge is 0.313 e. The summed E-state index contributed by atoms with van der Waals surface area (Å²) in [6.45, 7) is 8.81. The van der Waals surface area contributed by atoms with Gasteiger partial charge in [-0.05, 0) is 81.0 Å². The van der Waals surface area contributed by atoms with Crippen LogP contribution in [0.5, 0.6) is 0 Å². The summed E-state index contributed by atoms with van der Waals surface area (Å²) in [6.07, 6.45) is 2.25. The van der Waals surface area contributed by atoms with Crippen LogP contribution in [0.3, 0.4) is 0 Å². The molecule has 0 amide bonds. The Hall–Kier alpha value is -1.60. The van der Waals surface area contributed by atoms with E-state index in [9.17, 15) is 0 Å². The summed E-state index contributed by atoms with van der Waals surface area (Å²) < 4.78 is 0. The Bertz CT molecular complexity index is 613. The summed E-state index contributed by atoms with van der Waals surface area (Å²) in [7, 11) is 2.07. The molecule has 112 valence electrons. The van der Waals surface area contributed by atoms with Crippen LogP contribution in [0.4, 0.5) is 0 Å². The maximum absolute atomic E-state index is 3.50. The molecule has 0 radical (unpaired) electrons. The van der Waals surface area contributed by atoms with Crippen LogP contribution < -0.4 is 5.32 Å². The molecule has 21 heavy (non-hydrogen) atoms. The van der Waals surface area contributed by atoms with Gasteiger partial charge in [-0.25, -0.2) is 0 Å². The first kappa shape index (κ1) is 15.8. The minimum absolute atomic E-state index is 0.420. The molecule has 2 aromatic rings. The average Bonchev–Trinajstić information content (AvgIpc) is 2.46. The third-order valence-electron chi connectivity index (χ3n) is 4.57. The van der Waals surface area contributed by atoms with Crippen LogP contribution in [0, 0.1) is 27.7 Å². The van der Waals surface area contributed by atoms with Gasteiger partial charge in [-0.3, -0.25) is 0 Å². The maximum atomic E-state index is 3.50. The zero-order chi connectivity index (χ0) is 15.4. The monoisotopic (exact) mass is 281 g/mol. The van der Waals surface area contributed by atoms with Crippen LogP contribution in [-0.4, -0.2) is 7.05 Å². The highest BCUT2D eigenvalue weighted by molar-refractivity contribution is 5.38. The van der Waals surface area contributed by atoms with Crippen LogP contribution >= 0.6 is 0 Å². The molecule has 0 aliphatic rings. The Kier molecular flexibility index (Phi) is 5.19. The van der Waals surface area contributed by atoms with Crippen molar-refractivity contribution in [3.8, 4) is 0 Å². The fraction of sp³-hybridized carbons (Fsp3) is 0.400. The molecule has 0 aliphatic heterocycles. The first-order valence-corrected chi connectivity index (χ1v) is 7.82. The van der Waals surface area contributed by atoms with E-state index in [0.717, 1.165) is 12.8 Å². The van der Waals surface area contributed by atoms with Gasteiger partial charge in [0.2, 0.25) is 0 Å². The van der Waals surface area contributed by atoms with Crippen molar-refractivity contribution in [2.75, 3.05) is 7.05 Å². The van der Waals surface area contributed by atoms with Crippen LogP contribution in [0.25, 0.3) is 0 Å². The minimum atomic E-state index is 0.420. The SMILES string of the molecule is CNC(CCc1ccccc1C)c1cc(C)c(C)cc1C. The third kappa shape index (κ3) is 3.74. The fourth-order valence-electron chi connectivity index (χ4n) is 3.00. The standard InChI is InChI=1S/C20H27N/c1-14-8-6-7-9-18(14)10-11-20(21-5)19-13-16(3)15(2)12-17(19)4/h6-9,12-13,20-21H,10-11H2,1-5H3. The van der Waals surface area contributed by atoms with E-state index in [0.29, 0.717) is 6.04 Å². The second kappa shape index (κ2) is 6.91. The number of rotatable bonds is 5. The molecule has 1 N–H and O–H groups in total. The van der Waals surface area contributed by atoms with E-state index in [4.69, 9.17) is 0 Å². The van der Waals surface area contributed by atoms with Crippen molar-refractivity contribution in [3.05, 3.63) is 69.8 Å². The van der Waals surface area contributed by atoms with Gasteiger partial charge in [0.05, 0.1) is 0 Å². The predicted molar refractivity (Wildman–Crippen MR) is 92.0 cm³/mol. The van der Waals surface area contributed by atoms with Crippen molar-refractivity contribution >= 4 is 0 Å². The molecule has 0 aliphatic carbocycles. The van der Waals surface area contributed by atoms with Gasteiger partial charge >= 0.3 is 0 Å². The van der Waals surface area contributed by atoms with Crippen molar-refractivity contribution in [2.45, 2.75) is 46.6 Å². The minimum Gasteiger partial charge on any atom is -0.313 e. The highest BCUT2D eigenvalue weighted by Crippen LogP contribution is 2.25. The van der Waals surface area contributed by atoms with Crippen LogP contribution in [0.15, 0.2) is 36.4 Å². The van der Waals surface area contributed by atoms with Gasteiger partial charge in [0, 0.05) is 6.04 Å². The molecule has 0 aromatic heterocycles. The van der Waals surface area contributed by atoms with Gasteiger partial charge in [-0.15, -0.1) is 0 Å². The predicted octanol–water partition coefficient (Wildman–Crippen LogP) is 4.81. The molecule has 1 heteroatoms. The van der Waals surface area contributed by atoms with Crippen molar-refractivity contribution in [1.82, 2.24) is 5.32 Å². The highest BCUT2D eigenvalue weighted by Gasteiger charge is 2.13. The summed E-state index contributed by atoms with van der Waals surface area (Å²) in [5, 5.41) is 3.50. The molecule has 1 nitrogen and oxygen atoms in total. The van der Waals surface area contributed by atoms with Crippen molar-refractivity contribution < 1.29 is 0 Å². The van der Waals surface area contributed by atoms with E-state index < -0.39 is 0 Å². The molecule has 0 saturated carbocycles. The van der Waals surface area contributed by atoms with Crippen LogP contribution in [0.1, 0.15) is 45.8 Å². The van der Waals surface area contributed by atoms with E-state index in [1.165, 1.54) is 33.4 Å².